The third-order valence-corrected chi connectivity index (χ3v) is 5.12. The minimum Gasteiger partial charge on any atom is -0.468 e. The van der Waals surface area contributed by atoms with Gasteiger partial charge in [0.05, 0.1) is 12.8 Å². The lowest BCUT2D eigenvalue weighted by Crippen LogP contribution is -2.24. The minimum absolute atomic E-state index is 0.0140. The molecule has 1 unspecified atom stereocenters. The summed E-state index contributed by atoms with van der Waals surface area (Å²) in [5.41, 5.74) is 0.379. The van der Waals surface area contributed by atoms with E-state index >= 15 is 0 Å². The zero-order chi connectivity index (χ0) is 14.9. The number of rotatable bonds is 2. The van der Waals surface area contributed by atoms with Crippen LogP contribution in [0.2, 0.25) is 5.02 Å². The highest BCUT2D eigenvalue weighted by atomic mass is 35.5. The van der Waals surface area contributed by atoms with Gasteiger partial charge in [0.2, 0.25) is 0 Å². The van der Waals surface area contributed by atoms with E-state index in [1.54, 1.807) is 19.1 Å². The van der Waals surface area contributed by atoms with Crippen LogP contribution in [-0.2, 0) is 19.6 Å². The Hall–Kier alpha value is -1.25. The second-order valence-corrected chi connectivity index (χ2v) is 7.26. The Morgan fingerprint density at radius 2 is 2.20 bits per heavy atom. The van der Waals surface area contributed by atoms with Gasteiger partial charge in [-0.05, 0) is 25.1 Å². The molecule has 1 N–H and O–H groups in total. The molecule has 6 nitrogen and oxygen atoms in total. The second-order valence-electron chi connectivity index (χ2n) is 3.92. The lowest BCUT2D eigenvalue weighted by atomic mass is 10.3. The summed E-state index contributed by atoms with van der Waals surface area (Å²) in [6, 6.07) is 4.45. The molecule has 108 valence electrons. The van der Waals surface area contributed by atoms with Crippen molar-refractivity contribution in [3.63, 3.8) is 0 Å². The summed E-state index contributed by atoms with van der Waals surface area (Å²) in [5, 5.41) is 2.71. The van der Waals surface area contributed by atoms with E-state index in [2.05, 4.69) is 14.5 Å². The molecule has 1 aliphatic heterocycles. The average Bonchev–Trinajstić information content (AvgIpc) is 2.38. The molecule has 1 atom stereocenters. The molecule has 0 radical (unpaired) electrons. The molecule has 1 aromatic rings. The van der Waals surface area contributed by atoms with Crippen molar-refractivity contribution in [1.82, 2.24) is 0 Å². The molecular formula is C11H11ClN2O4S2. The van der Waals surface area contributed by atoms with E-state index in [4.69, 9.17) is 11.6 Å². The number of carbonyl (C=O) groups is 1. The SMILES string of the molecule is COC(=O)C(C)SC1=NS(=O)(=O)c2cc(Cl)ccc2N1. The van der Waals surface area contributed by atoms with Gasteiger partial charge in [0.15, 0.2) is 5.17 Å². The van der Waals surface area contributed by atoms with Gasteiger partial charge in [-0.25, -0.2) is 0 Å². The monoisotopic (exact) mass is 334 g/mol. The number of nitrogens with zero attached hydrogens (tertiary/aromatic N) is 1. The molecule has 0 aliphatic carbocycles. The Bertz CT molecular complexity index is 688. The van der Waals surface area contributed by atoms with Crippen LogP contribution in [-0.4, -0.2) is 31.9 Å². The number of carbonyl (C=O) groups excluding carboxylic acids is 1. The number of methoxy groups -OCH3 is 1. The third-order valence-electron chi connectivity index (χ3n) is 2.49. The van der Waals surface area contributed by atoms with Crippen molar-refractivity contribution < 1.29 is 17.9 Å². The molecule has 1 aliphatic rings. The Kier molecular flexibility index (Phi) is 4.26. The minimum atomic E-state index is -3.82. The molecule has 0 saturated carbocycles. The van der Waals surface area contributed by atoms with Gasteiger partial charge in [-0.3, -0.25) is 4.79 Å². The zero-order valence-corrected chi connectivity index (χ0v) is 13.0. The number of amidine groups is 1. The normalized spacial score (nSPS) is 17.4. The van der Waals surface area contributed by atoms with E-state index in [1.165, 1.54) is 13.2 Å². The molecule has 0 saturated heterocycles. The van der Waals surface area contributed by atoms with Crippen LogP contribution < -0.4 is 5.32 Å². The molecular weight excluding hydrogens is 324 g/mol. The molecule has 0 bridgehead atoms. The number of nitrogens with one attached hydrogen (secondary N) is 1. The molecule has 1 aromatic carbocycles. The van der Waals surface area contributed by atoms with Crippen LogP contribution in [0, 0.1) is 0 Å². The number of hydrogen-bond acceptors (Lipinski definition) is 6. The van der Waals surface area contributed by atoms with Crippen molar-refractivity contribution in [2.45, 2.75) is 17.1 Å². The maximum Gasteiger partial charge on any atom is 0.318 e. The molecule has 0 amide bonds. The third kappa shape index (κ3) is 3.08. The predicted octanol–water partition coefficient (Wildman–Crippen LogP) is 2.10. The lowest BCUT2D eigenvalue weighted by molar-refractivity contribution is -0.139. The standard InChI is InChI=1S/C11H11ClN2O4S2/c1-6(10(15)18-2)19-11-13-8-4-3-7(12)5-9(8)20(16,17)14-11/h3-6H,1-2H3,(H,13,14). The van der Waals surface area contributed by atoms with Crippen LogP contribution in [0.1, 0.15) is 6.92 Å². The van der Waals surface area contributed by atoms with E-state index in [9.17, 15) is 13.2 Å². The number of halogens is 1. The molecule has 0 aromatic heterocycles. The van der Waals surface area contributed by atoms with Crippen LogP contribution in [0.15, 0.2) is 27.5 Å². The van der Waals surface area contributed by atoms with Crippen molar-refractivity contribution in [2.24, 2.45) is 4.40 Å². The van der Waals surface area contributed by atoms with E-state index in [1.807, 2.05) is 0 Å². The fraction of sp³-hybridized carbons (Fsp3) is 0.273. The summed E-state index contributed by atoms with van der Waals surface area (Å²) in [4.78, 5) is 11.4. The van der Waals surface area contributed by atoms with Gasteiger partial charge in [0, 0.05) is 5.02 Å². The summed E-state index contributed by atoms with van der Waals surface area (Å²) < 4.78 is 32.3. The number of anilines is 1. The van der Waals surface area contributed by atoms with Gasteiger partial charge in [0.25, 0.3) is 10.0 Å². The Morgan fingerprint density at radius 1 is 1.50 bits per heavy atom. The summed E-state index contributed by atoms with van der Waals surface area (Å²) in [7, 11) is -2.56. The molecule has 0 spiro atoms. The Morgan fingerprint density at radius 3 is 2.85 bits per heavy atom. The van der Waals surface area contributed by atoms with Crippen molar-refractivity contribution in [1.29, 1.82) is 0 Å². The van der Waals surface area contributed by atoms with Crippen molar-refractivity contribution in [3.05, 3.63) is 23.2 Å². The largest absolute Gasteiger partial charge is 0.468 e. The zero-order valence-electron chi connectivity index (χ0n) is 10.6. The number of hydrogen-bond donors (Lipinski definition) is 1. The van der Waals surface area contributed by atoms with Crippen molar-refractivity contribution in [3.8, 4) is 0 Å². The fourth-order valence-electron chi connectivity index (χ4n) is 1.54. The fourth-order valence-corrected chi connectivity index (χ4v) is 3.98. The van der Waals surface area contributed by atoms with Crippen LogP contribution in [0.5, 0.6) is 0 Å². The van der Waals surface area contributed by atoms with Crippen LogP contribution in [0.25, 0.3) is 0 Å². The number of benzene rings is 1. The maximum absolute atomic E-state index is 12.0. The average molecular weight is 335 g/mol. The van der Waals surface area contributed by atoms with E-state index < -0.39 is 21.2 Å². The van der Waals surface area contributed by atoms with Gasteiger partial charge >= 0.3 is 5.97 Å². The first-order valence-corrected chi connectivity index (χ1v) is 8.19. The van der Waals surface area contributed by atoms with Gasteiger partial charge in [-0.15, -0.1) is 4.40 Å². The van der Waals surface area contributed by atoms with Gasteiger partial charge in [-0.1, -0.05) is 23.4 Å². The van der Waals surface area contributed by atoms with Gasteiger partial charge in [0.1, 0.15) is 10.1 Å². The quantitative estimate of drug-likeness (QED) is 0.834. The summed E-state index contributed by atoms with van der Waals surface area (Å²) >= 11 is 6.75. The topological polar surface area (TPSA) is 84.8 Å². The number of fused-ring (bicyclic) bond motifs is 1. The summed E-state index contributed by atoms with van der Waals surface area (Å²) in [5.74, 6) is -0.459. The first-order valence-electron chi connectivity index (χ1n) is 5.49. The number of thioether (sulfide) groups is 1. The van der Waals surface area contributed by atoms with Crippen molar-refractivity contribution in [2.75, 3.05) is 12.4 Å². The number of ether oxygens (including phenoxy) is 1. The predicted molar refractivity (Wildman–Crippen MR) is 78.8 cm³/mol. The first kappa shape index (κ1) is 15.1. The lowest BCUT2D eigenvalue weighted by Gasteiger charge is -2.19. The maximum atomic E-state index is 12.0. The van der Waals surface area contributed by atoms with Crippen molar-refractivity contribution >= 4 is 50.2 Å². The summed E-state index contributed by atoms with van der Waals surface area (Å²) in [6.45, 7) is 1.60. The Labute approximate surface area is 125 Å². The van der Waals surface area contributed by atoms with Crippen LogP contribution >= 0.6 is 23.4 Å². The molecule has 20 heavy (non-hydrogen) atoms. The van der Waals surface area contributed by atoms with E-state index in [-0.39, 0.29) is 10.1 Å². The highest BCUT2D eigenvalue weighted by Crippen LogP contribution is 2.32. The van der Waals surface area contributed by atoms with E-state index in [0.29, 0.717) is 10.7 Å². The second kappa shape index (κ2) is 5.63. The molecule has 0 fully saturated rings. The van der Waals surface area contributed by atoms with Crippen LogP contribution in [0.4, 0.5) is 5.69 Å². The molecule has 2 rings (SSSR count). The molecule has 9 heteroatoms. The number of esters is 1. The summed E-state index contributed by atoms with van der Waals surface area (Å²) in [6.07, 6.45) is 0. The molecule has 1 heterocycles. The first-order chi connectivity index (χ1) is 9.33. The highest BCUT2D eigenvalue weighted by Gasteiger charge is 2.27. The Balaban J connectivity index is 2.31. The van der Waals surface area contributed by atoms with Gasteiger partial charge < -0.3 is 10.1 Å². The van der Waals surface area contributed by atoms with Gasteiger partial charge in [-0.2, -0.15) is 8.42 Å². The van der Waals surface area contributed by atoms with E-state index in [0.717, 1.165) is 11.8 Å². The smallest absolute Gasteiger partial charge is 0.318 e. The highest BCUT2D eigenvalue weighted by molar-refractivity contribution is 8.15. The number of sulfonamides is 1. The van der Waals surface area contributed by atoms with Crippen LogP contribution in [0.3, 0.4) is 0 Å².